The minimum atomic E-state index is -3.93. The third-order valence-corrected chi connectivity index (χ3v) is 4.58. The van der Waals surface area contributed by atoms with Gasteiger partial charge in [-0.1, -0.05) is 23.2 Å². The van der Waals surface area contributed by atoms with Crippen molar-refractivity contribution >= 4 is 54.8 Å². The maximum Gasteiger partial charge on any atom is 0.263 e. The number of hydrogen-bond acceptors (Lipinski definition) is 3. The number of anilines is 1. The molecule has 2 rings (SSSR count). The molecule has 0 bridgehead atoms. The first-order valence-corrected chi connectivity index (χ1v) is 8.11. The van der Waals surface area contributed by atoms with Crippen LogP contribution in [-0.4, -0.2) is 13.4 Å². The zero-order valence-corrected chi connectivity index (χ0v) is 13.5. The van der Waals surface area contributed by atoms with E-state index in [1.165, 1.54) is 18.5 Å². The van der Waals surface area contributed by atoms with Gasteiger partial charge in [0.05, 0.1) is 15.7 Å². The molecule has 0 fully saturated rings. The molecule has 1 aromatic carbocycles. The van der Waals surface area contributed by atoms with Crippen molar-refractivity contribution in [3.05, 3.63) is 50.9 Å². The van der Waals surface area contributed by atoms with E-state index in [0.29, 0.717) is 4.47 Å². The number of aromatic nitrogens is 1. The monoisotopic (exact) mass is 398 g/mol. The van der Waals surface area contributed by atoms with Gasteiger partial charge in [0.25, 0.3) is 10.0 Å². The Hall–Kier alpha value is -0.890. The lowest BCUT2D eigenvalue weighted by Gasteiger charge is -2.11. The van der Waals surface area contributed by atoms with Crippen molar-refractivity contribution in [1.82, 2.24) is 4.98 Å². The fourth-order valence-electron chi connectivity index (χ4n) is 1.37. The van der Waals surface area contributed by atoms with Crippen molar-refractivity contribution in [3.63, 3.8) is 0 Å². The molecule has 0 aliphatic rings. The number of sulfonamides is 1. The van der Waals surface area contributed by atoms with Crippen LogP contribution in [0.2, 0.25) is 10.0 Å². The van der Waals surface area contributed by atoms with Crippen LogP contribution in [0.4, 0.5) is 10.1 Å². The van der Waals surface area contributed by atoms with Crippen LogP contribution in [-0.2, 0) is 10.0 Å². The summed E-state index contributed by atoms with van der Waals surface area (Å²) in [6, 6.07) is 3.29. The van der Waals surface area contributed by atoms with E-state index < -0.39 is 15.8 Å². The SMILES string of the molecule is O=S(=O)(Nc1c(Cl)cc(F)cc1Cl)c1cncc(Br)c1. The van der Waals surface area contributed by atoms with Crippen molar-refractivity contribution < 1.29 is 12.8 Å². The molecule has 0 amide bonds. The van der Waals surface area contributed by atoms with E-state index in [-0.39, 0.29) is 20.6 Å². The summed E-state index contributed by atoms with van der Waals surface area (Å²) in [6.45, 7) is 0. The molecule has 20 heavy (non-hydrogen) atoms. The van der Waals surface area contributed by atoms with Crippen LogP contribution in [0.5, 0.6) is 0 Å². The molecule has 0 radical (unpaired) electrons. The van der Waals surface area contributed by atoms with Crippen molar-refractivity contribution in [1.29, 1.82) is 0 Å². The molecule has 0 atom stereocenters. The van der Waals surface area contributed by atoms with Gasteiger partial charge in [0.2, 0.25) is 0 Å². The Balaban J connectivity index is 2.44. The van der Waals surface area contributed by atoms with E-state index in [1.807, 2.05) is 0 Å². The van der Waals surface area contributed by atoms with Crippen LogP contribution in [0.1, 0.15) is 0 Å². The summed E-state index contributed by atoms with van der Waals surface area (Å²) in [7, 11) is -3.93. The number of rotatable bonds is 3. The molecule has 9 heteroatoms. The number of nitrogens with zero attached hydrogens (tertiary/aromatic N) is 1. The van der Waals surface area contributed by atoms with Crippen LogP contribution in [0.25, 0.3) is 0 Å². The molecule has 2 aromatic rings. The Morgan fingerprint density at radius 2 is 1.75 bits per heavy atom. The molecule has 0 aliphatic carbocycles. The van der Waals surface area contributed by atoms with Gasteiger partial charge < -0.3 is 0 Å². The van der Waals surface area contributed by atoms with Crippen molar-refractivity contribution in [2.45, 2.75) is 4.90 Å². The first-order valence-electron chi connectivity index (χ1n) is 5.07. The molecular formula is C11H6BrCl2FN2O2S. The number of hydrogen-bond donors (Lipinski definition) is 1. The third-order valence-electron chi connectivity index (χ3n) is 2.23. The summed E-state index contributed by atoms with van der Waals surface area (Å²) >= 11 is 14.7. The lowest BCUT2D eigenvalue weighted by atomic mass is 10.3. The van der Waals surface area contributed by atoms with Gasteiger partial charge in [-0.2, -0.15) is 0 Å². The second-order valence-corrected chi connectivity index (χ2v) is 7.10. The van der Waals surface area contributed by atoms with Crippen LogP contribution in [0, 0.1) is 5.82 Å². The van der Waals surface area contributed by atoms with E-state index in [9.17, 15) is 12.8 Å². The fourth-order valence-corrected chi connectivity index (χ4v) is 3.64. The lowest BCUT2D eigenvalue weighted by molar-refractivity contribution is 0.600. The normalized spacial score (nSPS) is 11.4. The van der Waals surface area contributed by atoms with Crippen molar-refractivity contribution in [2.24, 2.45) is 0 Å². The topological polar surface area (TPSA) is 59.1 Å². The molecule has 4 nitrogen and oxygen atoms in total. The van der Waals surface area contributed by atoms with Gasteiger partial charge >= 0.3 is 0 Å². The van der Waals surface area contributed by atoms with E-state index in [2.05, 4.69) is 25.6 Å². The molecule has 1 N–H and O–H groups in total. The molecule has 106 valence electrons. The number of nitrogens with one attached hydrogen (secondary N) is 1. The molecule has 0 saturated carbocycles. The van der Waals surface area contributed by atoms with Gasteiger partial charge in [0.1, 0.15) is 10.7 Å². The summed E-state index contributed by atoms with van der Waals surface area (Å²) in [5.74, 6) is -0.660. The smallest absolute Gasteiger partial charge is 0.263 e. The minimum absolute atomic E-state index is 0.0802. The summed E-state index contributed by atoms with van der Waals surface area (Å²) in [6.07, 6.45) is 2.61. The van der Waals surface area contributed by atoms with Crippen LogP contribution in [0.15, 0.2) is 40.0 Å². The number of pyridine rings is 1. The fraction of sp³-hybridized carbons (Fsp3) is 0. The Kier molecular flexibility index (Phi) is 4.53. The van der Waals surface area contributed by atoms with Gasteiger partial charge in [-0.3, -0.25) is 9.71 Å². The van der Waals surface area contributed by atoms with Gasteiger partial charge in [-0.15, -0.1) is 0 Å². The predicted octanol–water partition coefficient (Wildman–Crippen LogP) is 4.09. The zero-order valence-electron chi connectivity index (χ0n) is 9.57. The van der Waals surface area contributed by atoms with Crippen LogP contribution < -0.4 is 4.72 Å². The standard InChI is InChI=1S/C11H6BrCl2FN2O2S/c12-6-1-8(5-16-4-6)20(18,19)17-11-9(13)2-7(15)3-10(11)14/h1-5,17H. The highest BCUT2D eigenvalue weighted by Crippen LogP contribution is 2.33. The lowest BCUT2D eigenvalue weighted by Crippen LogP contribution is -2.14. The Labute approximate surface area is 133 Å². The Morgan fingerprint density at radius 3 is 2.30 bits per heavy atom. The zero-order chi connectivity index (χ0) is 14.9. The summed E-state index contributed by atoms with van der Waals surface area (Å²) in [4.78, 5) is 3.68. The summed E-state index contributed by atoms with van der Waals surface area (Å²) in [5.41, 5.74) is -0.0882. The highest BCUT2D eigenvalue weighted by molar-refractivity contribution is 9.10. The molecular weight excluding hydrogens is 394 g/mol. The number of benzene rings is 1. The average molecular weight is 400 g/mol. The van der Waals surface area contributed by atoms with Gasteiger partial charge in [0.15, 0.2) is 0 Å². The molecule has 0 aliphatic heterocycles. The van der Waals surface area contributed by atoms with Crippen molar-refractivity contribution in [3.8, 4) is 0 Å². The second kappa shape index (κ2) is 5.85. The number of halogens is 4. The maximum atomic E-state index is 13.1. The first kappa shape index (κ1) is 15.5. The summed E-state index contributed by atoms with van der Waals surface area (Å²) < 4.78 is 40.1. The Bertz CT molecular complexity index is 748. The minimum Gasteiger partial charge on any atom is -0.277 e. The van der Waals surface area contributed by atoms with E-state index in [0.717, 1.165) is 12.1 Å². The molecule has 1 heterocycles. The van der Waals surface area contributed by atoms with E-state index in [4.69, 9.17) is 23.2 Å². The van der Waals surface area contributed by atoms with E-state index in [1.54, 1.807) is 0 Å². The first-order chi connectivity index (χ1) is 9.29. The van der Waals surface area contributed by atoms with Gasteiger partial charge in [-0.05, 0) is 34.1 Å². The van der Waals surface area contributed by atoms with Crippen LogP contribution in [0.3, 0.4) is 0 Å². The molecule has 0 unspecified atom stereocenters. The largest absolute Gasteiger partial charge is 0.277 e. The maximum absolute atomic E-state index is 13.1. The van der Waals surface area contributed by atoms with E-state index >= 15 is 0 Å². The summed E-state index contributed by atoms with van der Waals surface area (Å²) in [5, 5.41) is -0.275. The molecule has 0 saturated heterocycles. The third kappa shape index (κ3) is 3.41. The quantitative estimate of drug-likeness (QED) is 0.845. The van der Waals surface area contributed by atoms with Gasteiger partial charge in [0, 0.05) is 16.9 Å². The average Bonchev–Trinajstić information content (AvgIpc) is 2.34. The Morgan fingerprint density at radius 1 is 1.15 bits per heavy atom. The highest BCUT2D eigenvalue weighted by atomic mass is 79.9. The highest BCUT2D eigenvalue weighted by Gasteiger charge is 2.19. The molecule has 1 aromatic heterocycles. The van der Waals surface area contributed by atoms with Crippen LogP contribution >= 0.6 is 39.1 Å². The second-order valence-electron chi connectivity index (χ2n) is 3.69. The van der Waals surface area contributed by atoms with Crippen molar-refractivity contribution in [2.75, 3.05) is 4.72 Å². The molecule has 0 spiro atoms. The predicted molar refractivity (Wildman–Crippen MR) is 79.2 cm³/mol. The van der Waals surface area contributed by atoms with Gasteiger partial charge in [-0.25, -0.2) is 12.8 Å².